The van der Waals surface area contributed by atoms with Gasteiger partial charge in [0.05, 0.1) is 17.8 Å². The van der Waals surface area contributed by atoms with E-state index in [2.05, 4.69) is 15.5 Å². The number of hydrogen-bond acceptors (Lipinski definition) is 5. The molecular weight excluding hydrogens is 490 g/mol. The van der Waals surface area contributed by atoms with Gasteiger partial charge in [-0.3, -0.25) is 14.4 Å². The number of anilines is 2. The van der Waals surface area contributed by atoms with Crippen LogP contribution in [0.15, 0.2) is 48.5 Å². The lowest BCUT2D eigenvalue weighted by Gasteiger charge is -2.28. The zero-order valence-corrected chi connectivity index (χ0v) is 23.7. The van der Waals surface area contributed by atoms with Crippen molar-refractivity contribution in [2.24, 2.45) is 5.41 Å². The van der Waals surface area contributed by atoms with Gasteiger partial charge in [0.25, 0.3) is 5.91 Å². The minimum atomic E-state index is -0.154. The lowest BCUT2D eigenvalue weighted by molar-refractivity contribution is -0.130. The minimum Gasteiger partial charge on any atom is -0.368 e. The van der Waals surface area contributed by atoms with E-state index < -0.39 is 0 Å². The Labute approximate surface area is 232 Å². The molecule has 0 aromatic heterocycles. The number of nitrogens with zero attached hydrogens (tertiary/aromatic N) is 3. The molecule has 4 rings (SSSR count). The molecule has 8 heteroatoms. The number of benzene rings is 2. The zero-order chi connectivity index (χ0) is 27.8. The van der Waals surface area contributed by atoms with E-state index in [0.717, 1.165) is 50.3 Å². The van der Waals surface area contributed by atoms with Gasteiger partial charge >= 0.3 is 0 Å². The van der Waals surface area contributed by atoms with Gasteiger partial charge in [0, 0.05) is 57.8 Å². The SMILES string of the molecule is CC(C)(C)CC(=O)Nc1cc(C(=O)N2CCCNCC2)ccc1N1CCCN(C(=O)Cc2ccccc2)CC1. The summed E-state index contributed by atoms with van der Waals surface area (Å²) in [7, 11) is 0. The van der Waals surface area contributed by atoms with Gasteiger partial charge in [-0.05, 0) is 48.6 Å². The van der Waals surface area contributed by atoms with E-state index in [1.807, 2.05) is 79.1 Å². The number of carbonyl (C=O) groups is 3. The van der Waals surface area contributed by atoms with Gasteiger partial charge in [-0.1, -0.05) is 51.1 Å². The van der Waals surface area contributed by atoms with Crippen molar-refractivity contribution in [3.63, 3.8) is 0 Å². The third-order valence-corrected chi connectivity index (χ3v) is 7.22. The van der Waals surface area contributed by atoms with Crippen molar-refractivity contribution in [1.29, 1.82) is 0 Å². The first kappa shape index (κ1) is 28.6. The Morgan fingerprint density at radius 3 is 2.38 bits per heavy atom. The van der Waals surface area contributed by atoms with Crippen LogP contribution < -0.4 is 15.5 Å². The maximum Gasteiger partial charge on any atom is 0.253 e. The van der Waals surface area contributed by atoms with E-state index in [4.69, 9.17) is 0 Å². The highest BCUT2D eigenvalue weighted by molar-refractivity contribution is 6.00. The second-order valence-electron chi connectivity index (χ2n) is 11.8. The summed E-state index contributed by atoms with van der Waals surface area (Å²) in [5.41, 5.74) is 3.00. The van der Waals surface area contributed by atoms with Crippen molar-refractivity contribution in [3.8, 4) is 0 Å². The predicted octanol–water partition coefficient (Wildman–Crippen LogP) is 3.78. The molecule has 2 aromatic rings. The zero-order valence-electron chi connectivity index (χ0n) is 23.7. The fourth-order valence-corrected chi connectivity index (χ4v) is 5.24. The van der Waals surface area contributed by atoms with Crippen molar-refractivity contribution >= 4 is 29.1 Å². The van der Waals surface area contributed by atoms with Crippen LogP contribution in [-0.4, -0.2) is 79.9 Å². The van der Waals surface area contributed by atoms with E-state index in [1.165, 1.54) is 0 Å². The van der Waals surface area contributed by atoms with Crippen LogP contribution >= 0.6 is 0 Å². The quantitative estimate of drug-likeness (QED) is 0.591. The summed E-state index contributed by atoms with van der Waals surface area (Å²) < 4.78 is 0. The summed E-state index contributed by atoms with van der Waals surface area (Å²) in [6, 6.07) is 15.5. The highest BCUT2D eigenvalue weighted by Crippen LogP contribution is 2.30. The van der Waals surface area contributed by atoms with Crippen LogP contribution in [0.4, 0.5) is 11.4 Å². The van der Waals surface area contributed by atoms with Crippen LogP contribution in [-0.2, 0) is 16.0 Å². The van der Waals surface area contributed by atoms with Crippen LogP contribution in [0.5, 0.6) is 0 Å². The first-order chi connectivity index (χ1) is 18.7. The second-order valence-corrected chi connectivity index (χ2v) is 11.8. The minimum absolute atomic E-state index is 0.00915. The van der Waals surface area contributed by atoms with Crippen LogP contribution in [0.1, 0.15) is 56.0 Å². The molecule has 2 aliphatic heterocycles. The molecule has 3 amide bonds. The van der Waals surface area contributed by atoms with Gasteiger partial charge in [0.1, 0.15) is 0 Å². The van der Waals surface area contributed by atoms with E-state index in [-0.39, 0.29) is 23.1 Å². The standard InChI is InChI=1S/C31H43N5O3/c1-31(2,3)23-28(37)33-26-22-25(30(39)36-15-7-13-32-14-18-36)11-12-27(26)34-16-8-17-35(20-19-34)29(38)21-24-9-5-4-6-10-24/h4-6,9-12,22,32H,7-8,13-21,23H2,1-3H3,(H,33,37). The number of amides is 3. The third-order valence-electron chi connectivity index (χ3n) is 7.22. The molecule has 2 aliphatic rings. The van der Waals surface area contributed by atoms with E-state index in [0.29, 0.717) is 50.3 Å². The summed E-state index contributed by atoms with van der Waals surface area (Å²) in [6.07, 6.45) is 2.53. The highest BCUT2D eigenvalue weighted by Gasteiger charge is 2.25. The van der Waals surface area contributed by atoms with Crippen LogP contribution in [0.3, 0.4) is 0 Å². The summed E-state index contributed by atoms with van der Waals surface area (Å²) in [6.45, 7) is 11.9. The fraction of sp³-hybridized carbons (Fsp3) is 0.516. The largest absolute Gasteiger partial charge is 0.368 e. The normalized spacial score (nSPS) is 16.8. The van der Waals surface area contributed by atoms with Gasteiger partial charge in [-0.2, -0.15) is 0 Å². The smallest absolute Gasteiger partial charge is 0.253 e. The van der Waals surface area contributed by atoms with Crippen LogP contribution in [0.25, 0.3) is 0 Å². The molecule has 0 saturated carbocycles. The molecule has 2 heterocycles. The molecule has 0 atom stereocenters. The lowest BCUT2D eigenvalue weighted by atomic mass is 9.92. The summed E-state index contributed by atoms with van der Waals surface area (Å²) in [5.74, 6) is 0.0570. The Hall–Kier alpha value is -3.39. The Morgan fingerprint density at radius 2 is 1.62 bits per heavy atom. The highest BCUT2D eigenvalue weighted by atomic mass is 16.2. The lowest BCUT2D eigenvalue weighted by Crippen LogP contribution is -2.36. The van der Waals surface area contributed by atoms with Crippen molar-refractivity contribution < 1.29 is 14.4 Å². The predicted molar refractivity (Wildman–Crippen MR) is 156 cm³/mol. The van der Waals surface area contributed by atoms with E-state index >= 15 is 0 Å². The average Bonchev–Trinajstić information content (AvgIpc) is 3.31. The molecule has 0 aliphatic carbocycles. The number of nitrogens with one attached hydrogen (secondary N) is 2. The monoisotopic (exact) mass is 533 g/mol. The van der Waals surface area contributed by atoms with Gasteiger partial charge < -0.3 is 25.3 Å². The third kappa shape index (κ3) is 8.30. The first-order valence-corrected chi connectivity index (χ1v) is 14.2. The number of carbonyl (C=O) groups excluding carboxylic acids is 3. The molecule has 2 saturated heterocycles. The summed E-state index contributed by atoms with van der Waals surface area (Å²) >= 11 is 0. The maximum absolute atomic E-state index is 13.4. The van der Waals surface area contributed by atoms with Crippen molar-refractivity contribution in [2.75, 3.05) is 62.6 Å². The van der Waals surface area contributed by atoms with E-state index in [1.54, 1.807) is 0 Å². The Kier molecular flexibility index (Phi) is 9.62. The molecule has 2 fully saturated rings. The van der Waals surface area contributed by atoms with Gasteiger partial charge in [0.15, 0.2) is 0 Å². The second kappa shape index (κ2) is 13.1. The molecule has 2 N–H and O–H groups in total. The Balaban J connectivity index is 1.52. The average molecular weight is 534 g/mol. The van der Waals surface area contributed by atoms with Crippen LogP contribution in [0.2, 0.25) is 0 Å². The molecular formula is C31H43N5O3. The molecule has 2 aromatic carbocycles. The van der Waals surface area contributed by atoms with Gasteiger partial charge in [-0.25, -0.2) is 0 Å². The molecule has 0 spiro atoms. The van der Waals surface area contributed by atoms with E-state index in [9.17, 15) is 14.4 Å². The van der Waals surface area contributed by atoms with Crippen molar-refractivity contribution in [2.45, 2.75) is 46.5 Å². The molecule has 210 valence electrons. The fourth-order valence-electron chi connectivity index (χ4n) is 5.24. The van der Waals surface area contributed by atoms with Gasteiger partial charge in [-0.15, -0.1) is 0 Å². The van der Waals surface area contributed by atoms with Crippen molar-refractivity contribution in [3.05, 3.63) is 59.7 Å². The molecule has 8 nitrogen and oxygen atoms in total. The molecule has 0 bridgehead atoms. The Bertz CT molecular complexity index is 1140. The van der Waals surface area contributed by atoms with Crippen LogP contribution in [0, 0.1) is 5.41 Å². The summed E-state index contributed by atoms with van der Waals surface area (Å²) in [5, 5.41) is 6.46. The molecule has 39 heavy (non-hydrogen) atoms. The summed E-state index contributed by atoms with van der Waals surface area (Å²) in [4.78, 5) is 45.4. The number of rotatable bonds is 6. The van der Waals surface area contributed by atoms with Crippen molar-refractivity contribution in [1.82, 2.24) is 15.1 Å². The maximum atomic E-state index is 13.4. The molecule has 0 radical (unpaired) electrons. The number of hydrogen-bond donors (Lipinski definition) is 2. The topological polar surface area (TPSA) is 85.0 Å². The molecule has 0 unspecified atom stereocenters. The van der Waals surface area contributed by atoms with Gasteiger partial charge in [0.2, 0.25) is 11.8 Å². The first-order valence-electron chi connectivity index (χ1n) is 14.2. The Morgan fingerprint density at radius 1 is 0.846 bits per heavy atom.